The molecule has 2 aromatic carbocycles. The lowest BCUT2D eigenvalue weighted by molar-refractivity contribution is 0.171. The van der Waals surface area contributed by atoms with Crippen LogP contribution in [0.5, 0.6) is 11.5 Å². The molecule has 4 aromatic rings. The highest BCUT2D eigenvalue weighted by molar-refractivity contribution is 7.92. The summed E-state index contributed by atoms with van der Waals surface area (Å²) in [7, 11) is -3.80. The van der Waals surface area contributed by atoms with Crippen molar-refractivity contribution in [2.45, 2.75) is 11.8 Å². The Morgan fingerprint density at radius 3 is 2.23 bits per heavy atom. The van der Waals surface area contributed by atoms with Gasteiger partial charge in [0.05, 0.1) is 4.90 Å². The molecule has 10 nitrogen and oxygen atoms in total. The Kier molecular flexibility index (Phi) is 6.06. The molecule has 0 bridgehead atoms. The smallest absolute Gasteiger partial charge is 0.262 e. The molecule has 0 unspecified atom stereocenters. The minimum absolute atomic E-state index is 0.0911. The van der Waals surface area contributed by atoms with Crippen LogP contribution in [-0.4, -0.2) is 36.6 Å². The molecule has 0 atom stereocenters. The van der Waals surface area contributed by atoms with Gasteiger partial charge in [0.1, 0.15) is 36.5 Å². The van der Waals surface area contributed by atoms with Gasteiger partial charge in [0, 0.05) is 29.7 Å². The first kappa shape index (κ1) is 22.4. The number of rotatable bonds is 7. The van der Waals surface area contributed by atoms with Gasteiger partial charge in [-0.05, 0) is 55.5 Å². The van der Waals surface area contributed by atoms with Gasteiger partial charge in [-0.3, -0.25) is 4.72 Å². The summed E-state index contributed by atoms with van der Waals surface area (Å²) in [5.41, 5.74) is 1.15. The van der Waals surface area contributed by atoms with Gasteiger partial charge in [0.2, 0.25) is 0 Å². The summed E-state index contributed by atoms with van der Waals surface area (Å²) >= 11 is 0. The zero-order valence-electron chi connectivity index (χ0n) is 18.7. The van der Waals surface area contributed by atoms with Crippen molar-refractivity contribution < 1.29 is 17.9 Å². The van der Waals surface area contributed by atoms with E-state index in [1.165, 1.54) is 12.1 Å². The molecule has 0 fully saturated rings. The number of hydrogen-bond acceptors (Lipinski definition) is 9. The second kappa shape index (κ2) is 9.47. The first-order chi connectivity index (χ1) is 16.9. The number of benzene rings is 2. The fraction of sp³-hybridized carbons (Fsp3) is 0.125. The summed E-state index contributed by atoms with van der Waals surface area (Å²) in [6.07, 6.45) is 1.69. The highest BCUT2D eigenvalue weighted by Crippen LogP contribution is 2.33. The molecule has 3 N–H and O–H groups in total. The number of aryl methyl sites for hydroxylation is 1. The lowest BCUT2D eigenvalue weighted by atomic mass is 10.3. The Bertz CT molecular complexity index is 1450. The van der Waals surface area contributed by atoms with E-state index < -0.39 is 10.0 Å². The molecule has 1 aliphatic heterocycles. The number of pyridine rings is 1. The third-order valence-corrected chi connectivity index (χ3v) is 6.37. The number of hydrogen-bond donors (Lipinski definition) is 3. The van der Waals surface area contributed by atoms with E-state index in [0.29, 0.717) is 53.7 Å². The topological polar surface area (TPSA) is 127 Å². The van der Waals surface area contributed by atoms with Gasteiger partial charge in [-0.2, -0.15) is 0 Å². The van der Waals surface area contributed by atoms with E-state index in [0.717, 1.165) is 5.69 Å². The van der Waals surface area contributed by atoms with E-state index in [-0.39, 0.29) is 4.90 Å². The highest BCUT2D eigenvalue weighted by atomic mass is 32.2. The second-order valence-corrected chi connectivity index (χ2v) is 9.32. The zero-order valence-corrected chi connectivity index (χ0v) is 19.5. The number of anilines is 5. The molecule has 35 heavy (non-hydrogen) atoms. The molecule has 0 saturated carbocycles. The minimum Gasteiger partial charge on any atom is -0.486 e. The SMILES string of the molecule is Cc1nc(Nc2ccc(NS(=O)(=O)c3ccc4c(c3)OCCO4)cc2)cc(Nc2ccccn2)n1. The predicted octanol–water partition coefficient (Wildman–Crippen LogP) is 4.24. The molecule has 0 saturated heterocycles. The summed E-state index contributed by atoms with van der Waals surface area (Å²) < 4.78 is 39.2. The molecule has 0 aliphatic carbocycles. The van der Waals surface area contributed by atoms with E-state index in [1.807, 2.05) is 18.2 Å². The van der Waals surface area contributed by atoms with E-state index in [2.05, 4.69) is 30.3 Å². The summed E-state index contributed by atoms with van der Waals surface area (Å²) in [6.45, 7) is 2.61. The number of ether oxygens (including phenoxy) is 2. The van der Waals surface area contributed by atoms with Gasteiger partial charge in [-0.25, -0.2) is 23.4 Å². The van der Waals surface area contributed by atoms with Crippen molar-refractivity contribution in [3.8, 4) is 11.5 Å². The molecule has 0 spiro atoms. The second-order valence-electron chi connectivity index (χ2n) is 7.64. The van der Waals surface area contributed by atoms with Crippen LogP contribution < -0.4 is 24.8 Å². The summed E-state index contributed by atoms with van der Waals surface area (Å²) in [5.74, 6) is 3.38. The number of sulfonamides is 1. The first-order valence-electron chi connectivity index (χ1n) is 10.8. The molecule has 178 valence electrons. The average molecular weight is 491 g/mol. The van der Waals surface area contributed by atoms with Crippen molar-refractivity contribution >= 4 is 38.9 Å². The lowest BCUT2D eigenvalue weighted by Crippen LogP contribution is -2.17. The van der Waals surface area contributed by atoms with Crippen molar-refractivity contribution in [2.24, 2.45) is 0 Å². The Labute approximate surface area is 202 Å². The van der Waals surface area contributed by atoms with Crippen LogP contribution in [0.2, 0.25) is 0 Å². The standard InChI is InChI=1S/C24H22N6O4S/c1-16-26-23(15-24(27-16)29-22-4-2-3-11-25-22)28-17-5-7-18(8-6-17)30-35(31,32)19-9-10-20-21(14-19)34-13-12-33-20/h2-11,14-15,30H,12-13H2,1H3,(H2,25,26,27,28,29). The van der Waals surface area contributed by atoms with Crippen LogP contribution in [0.3, 0.4) is 0 Å². The fourth-order valence-electron chi connectivity index (χ4n) is 3.44. The number of aromatic nitrogens is 3. The molecule has 0 radical (unpaired) electrons. The monoisotopic (exact) mass is 490 g/mol. The Balaban J connectivity index is 1.28. The number of fused-ring (bicyclic) bond motifs is 1. The van der Waals surface area contributed by atoms with Crippen molar-refractivity contribution in [3.05, 3.63) is 78.8 Å². The van der Waals surface area contributed by atoms with Crippen LogP contribution in [0.4, 0.5) is 28.8 Å². The van der Waals surface area contributed by atoms with Crippen LogP contribution in [0.25, 0.3) is 0 Å². The largest absolute Gasteiger partial charge is 0.486 e. The first-order valence-corrected chi connectivity index (χ1v) is 12.3. The van der Waals surface area contributed by atoms with Gasteiger partial charge in [0.25, 0.3) is 10.0 Å². The maximum Gasteiger partial charge on any atom is 0.262 e. The normalized spacial score (nSPS) is 12.6. The summed E-state index contributed by atoms with van der Waals surface area (Å²) in [4.78, 5) is 13.1. The maximum absolute atomic E-state index is 12.8. The molecule has 11 heteroatoms. The van der Waals surface area contributed by atoms with Crippen LogP contribution in [0, 0.1) is 6.92 Å². The lowest BCUT2D eigenvalue weighted by Gasteiger charge is -2.19. The van der Waals surface area contributed by atoms with Crippen molar-refractivity contribution in [2.75, 3.05) is 28.6 Å². The Morgan fingerprint density at radius 1 is 0.771 bits per heavy atom. The van der Waals surface area contributed by atoms with Gasteiger partial charge in [0.15, 0.2) is 11.5 Å². The van der Waals surface area contributed by atoms with E-state index in [9.17, 15) is 8.42 Å². The quantitative estimate of drug-likeness (QED) is 0.348. The molecular formula is C24H22N6O4S. The third-order valence-electron chi connectivity index (χ3n) is 4.99. The van der Waals surface area contributed by atoms with Crippen LogP contribution in [0.15, 0.2) is 77.8 Å². The van der Waals surface area contributed by atoms with Gasteiger partial charge >= 0.3 is 0 Å². The molecule has 5 rings (SSSR count). The number of nitrogens with one attached hydrogen (secondary N) is 3. The molecule has 1 aliphatic rings. The van der Waals surface area contributed by atoms with Crippen molar-refractivity contribution in [1.82, 2.24) is 15.0 Å². The minimum atomic E-state index is -3.80. The van der Waals surface area contributed by atoms with Crippen molar-refractivity contribution in [1.29, 1.82) is 0 Å². The Morgan fingerprint density at radius 2 is 1.49 bits per heavy atom. The zero-order chi connectivity index (χ0) is 24.3. The summed E-state index contributed by atoms with van der Waals surface area (Å²) in [6, 6.07) is 18.7. The van der Waals surface area contributed by atoms with E-state index >= 15 is 0 Å². The van der Waals surface area contributed by atoms with Crippen LogP contribution in [-0.2, 0) is 10.0 Å². The van der Waals surface area contributed by atoms with Gasteiger partial charge in [-0.15, -0.1) is 0 Å². The molecule has 0 amide bonds. The van der Waals surface area contributed by atoms with E-state index in [4.69, 9.17) is 9.47 Å². The third kappa shape index (κ3) is 5.41. The highest BCUT2D eigenvalue weighted by Gasteiger charge is 2.19. The van der Waals surface area contributed by atoms with Crippen LogP contribution in [0.1, 0.15) is 5.82 Å². The molecule has 2 aromatic heterocycles. The average Bonchev–Trinajstić information content (AvgIpc) is 2.85. The predicted molar refractivity (Wildman–Crippen MR) is 132 cm³/mol. The Hall–Kier alpha value is -4.38. The summed E-state index contributed by atoms with van der Waals surface area (Å²) in [5, 5.41) is 6.35. The fourth-order valence-corrected chi connectivity index (χ4v) is 4.51. The van der Waals surface area contributed by atoms with E-state index in [1.54, 1.807) is 49.5 Å². The van der Waals surface area contributed by atoms with Gasteiger partial charge in [-0.1, -0.05) is 6.07 Å². The number of nitrogens with zero attached hydrogens (tertiary/aromatic N) is 3. The molecule has 3 heterocycles. The maximum atomic E-state index is 12.8. The van der Waals surface area contributed by atoms with Crippen molar-refractivity contribution in [3.63, 3.8) is 0 Å². The molecular weight excluding hydrogens is 468 g/mol. The van der Waals surface area contributed by atoms with Gasteiger partial charge < -0.3 is 20.1 Å². The van der Waals surface area contributed by atoms with Crippen LogP contribution >= 0.6 is 0 Å².